The van der Waals surface area contributed by atoms with Crippen LogP contribution >= 0.6 is 23.8 Å². The Morgan fingerprint density at radius 1 is 1.48 bits per heavy atom. The highest BCUT2D eigenvalue weighted by Crippen LogP contribution is 2.38. The number of hydrogen-bond acceptors (Lipinski definition) is 5. The number of ether oxygens (including phenoxy) is 1. The van der Waals surface area contributed by atoms with E-state index in [1.807, 2.05) is 12.1 Å². The maximum absolute atomic E-state index is 12.5. The Labute approximate surface area is 143 Å². The highest BCUT2D eigenvalue weighted by molar-refractivity contribution is 7.71. The predicted octanol–water partition coefficient (Wildman–Crippen LogP) is 3.30. The van der Waals surface area contributed by atoms with E-state index >= 15 is 0 Å². The number of anilines is 1. The Morgan fingerprint density at radius 3 is 2.83 bits per heavy atom. The molecule has 23 heavy (non-hydrogen) atoms. The third kappa shape index (κ3) is 2.89. The lowest BCUT2D eigenvalue weighted by Crippen LogP contribution is -2.37. The van der Waals surface area contributed by atoms with Gasteiger partial charge in [-0.15, -0.1) is 0 Å². The largest absolute Gasteiger partial charge is 0.465 e. The van der Waals surface area contributed by atoms with E-state index in [2.05, 4.69) is 22.0 Å². The lowest BCUT2D eigenvalue weighted by molar-refractivity contribution is -0.147. The van der Waals surface area contributed by atoms with Crippen molar-refractivity contribution >= 4 is 35.7 Å². The summed E-state index contributed by atoms with van der Waals surface area (Å²) >= 11 is 11.1. The van der Waals surface area contributed by atoms with Crippen molar-refractivity contribution in [1.82, 2.24) is 14.8 Å². The number of aromatic nitrogens is 3. The molecule has 0 aliphatic carbocycles. The smallest absolute Gasteiger partial charge is 0.317 e. The van der Waals surface area contributed by atoms with Gasteiger partial charge in [-0.25, -0.2) is 4.68 Å². The van der Waals surface area contributed by atoms with E-state index < -0.39 is 5.92 Å². The molecule has 0 saturated carbocycles. The minimum Gasteiger partial charge on any atom is -0.465 e. The summed E-state index contributed by atoms with van der Waals surface area (Å²) in [6, 6.07) is 6.88. The number of hydrogen-bond donors (Lipinski definition) is 2. The second-order valence-electron chi connectivity index (χ2n) is 5.10. The zero-order valence-electron chi connectivity index (χ0n) is 12.4. The van der Waals surface area contributed by atoms with Gasteiger partial charge < -0.3 is 10.1 Å². The molecule has 2 N–H and O–H groups in total. The van der Waals surface area contributed by atoms with Crippen LogP contribution in [0.1, 0.15) is 18.5 Å². The lowest BCUT2D eigenvalue weighted by Gasteiger charge is -2.33. The normalized spacial score (nSPS) is 19.8. The summed E-state index contributed by atoms with van der Waals surface area (Å²) in [5, 5.41) is 6.62. The van der Waals surface area contributed by atoms with Crippen LogP contribution in [-0.4, -0.2) is 27.3 Å². The van der Waals surface area contributed by atoms with Crippen molar-refractivity contribution in [1.29, 1.82) is 0 Å². The number of halogens is 1. The predicted molar refractivity (Wildman–Crippen MR) is 89.9 cm³/mol. The van der Waals surface area contributed by atoms with Gasteiger partial charge >= 0.3 is 5.97 Å². The molecule has 0 unspecified atom stereocenters. The quantitative estimate of drug-likeness (QED) is 0.656. The molecule has 1 aliphatic heterocycles. The Balaban J connectivity index is 2.14. The van der Waals surface area contributed by atoms with Gasteiger partial charge in [0.25, 0.3) is 0 Å². The van der Waals surface area contributed by atoms with Crippen LogP contribution in [0.25, 0.3) is 0 Å². The molecule has 0 saturated heterocycles. The molecule has 8 heteroatoms. The molecule has 0 amide bonds. The number of H-pyrrole nitrogens is 1. The number of nitrogens with one attached hydrogen (secondary N) is 2. The monoisotopic (exact) mass is 350 g/mol. The van der Waals surface area contributed by atoms with Crippen molar-refractivity contribution in [2.45, 2.75) is 13.0 Å². The van der Waals surface area contributed by atoms with Crippen molar-refractivity contribution in [2.24, 2.45) is 5.92 Å². The summed E-state index contributed by atoms with van der Waals surface area (Å²) in [6.07, 6.45) is 0. The topological polar surface area (TPSA) is 71.9 Å². The minimum atomic E-state index is -0.608. The van der Waals surface area contributed by atoms with Crippen molar-refractivity contribution in [3.63, 3.8) is 0 Å². The standard InChI is InChI=1S/C15H15ClN4O2S/c1-3-22-13(21)11-8(2)17-14-18-15(23)19-20(14)12(11)9-4-6-10(16)7-5-9/h4-7,11-12H,2-3H2,1H3,(H2,17,18,19,23)/t11-,12+/m0/s1. The van der Waals surface area contributed by atoms with Crippen LogP contribution in [0.5, 0.6) is 0 Å². The van der Waals surface area contributed by atoms with Gasteiger partial charge in [0.1, 0.15) is 5.92 Å². The molecule has 120 valence electrons. The molecule has 2 aromatic rings. The fourth-order valence-electron chi connectivity index (χ4n) is 2.69. The average Bonchev–Trinajstić information content (AvgIpc) is 2.86. The van der Waals surface area contributed by atoms with Gasteiger partial charge in [-0.1, -0.05) is 30.3 Å². The molecule has 0 fully saturated rings. The summed E-state index contributed by atoms with van der Waals surface area (Å²) < 4.78 is 7.26. The number of benzene rings is 1. The zero-order chi connectivity index (χ0) is 16.6. The molecule has 1 aliphatic rings. The first-order valence-corrected chi connectivity index (χ1v) is 7.86. The number of esters is 1. The van der Waals surface area contributed by atoms with E-state index in [0.717, 1.165) is 5.56 Å². The Morgan fingerprint density at radius 2 is 2.17 bits per heavy atom. The molecular weight excluding hydrogens is 336 g/mol. The summed E-state index contributed by atoms with van der Waals surface area (Å²) in [7, 11) is 0. The van der Waals surface area contributed by atoms with E-state index in [-0.39, 0.29) is 12.0 Å². The van der Waals surface area contributed by atoms with Crippen molar-refractivity contribution < 1.29 is 9.53 Å². The lowest BCUT2D eigenvalue weighted by atomic mass is 9.89. The number of aromatic amines is 1. The number of carbonyl (C=O) groups excluding carboxylic acids is 1. The molecule has 1 aromatic heterocycles. The number of rotatable bonds is 3. The van der Waals surface area contributed by atoms with Crippen molar-refractivity contribution in [2.75, 3.05) is 11.9 Å². The molecule has 1 aromatic carbocycles. The van der Waals surface area contributed by atoms with E-state index in [1.165, 1.54) is 0 Å². The molecule has 3 rings (SSSR count). The molecular formula is C15H15ClN4O2S. The minimum absolute atomic E-state index is 0.294. The molecule has 0 radical (unpaired) electrons. The van der Waals surface area contributed by atoms with Crippen LogP contribution < -0.4 is 5.32 Å². The molecule has 0 bridgehead atoms. The zero-order valence-corrected chi connectivity index (χ0v) is 13.9. The van der Waals surface area contributed by atoms with Crippen LogP contribution in [0.3, 0.4) is 0 Å². The summed E-state index contributed by atoms with van der Waals surface area (Å²) in [5.74, 6) is -0.451. The van der Waals surface area contributed by atoms with Gasteiger partial charge in [0.05, 0.1) is 12.6 Å². The van der Waals surface area contributed by atoms with Crippen LogP contribution in [0.15, 0.2) is 36.5 Å². The third-order valence-corrected chi connectivity index (χ3v) is 4.08. The van der Waals surface area contributed by atoms with E-state index in [4.69, 9.17) is 28.6 Å². The number of nitrogens with zero attached hydrogens (tertiary/aromatic N) is 2. The Hall–Kier alpha value is -2.12. The SMILES string of the molecule is C=C1Nc2nc(=S)[nH]n2[C@H](c2ccc(Cl)cc2)[C@H]1C(=O)OCC. The first kappa shape index (κ1) is 15.8. The van der Waals surface area contributed by atoms with Crippen molar-refractivity contribution in [3.8, 4) is 0 Å². The highest BCUT2D eigenvalue weighted by Gasteiger charge is 2.40. The average molecular weight is 351 g/mol. The number of carbonyl (C=O) groups is 1. The maximum Gasteiger partial charge on any atom is 0.317 e. The summed E-state index contributed by atoms with van der Waals surface area (Å²) in [6.45, 7) is 6.02. The van der Waals surface area contributed by atoms with Gasteiger partial charge in [0.2, 0.25) is 10.7 Å². The van der Waals surface area contributed by atoms with Crippen LogP contribution in [0.2, 0.25) is 5.02 Å². The van der Waals surface area contributed by atoms with E-state index in [0.29, 0.717) is 28.0 Å². The fourth-order valence-corrected chi connectivity index (χ4v) is 3.00. The Bertz CT molecular complexity index is 812. The third-order valence-electron chi connectivity index (χ3n) is 3.65. The van der Waals surface area contributed by atoms with Crippen molar-refractivity contribution in [3.05, 3.63) is 51.9 Å². The highest BCUT2D eigenvalue weighted by atomic mass is 35.5. The van der Waals surface area contributed by atoms with Gasteiger partial charge in [0, 0.05) is 10.7 Å². The maximum atomic E-state index is 12.5. The molecule has 2 atom stereocenters. The van der Waals surface area contributed by atoms with Gasteiger partial charge in [-0.3, -0.25) is 9.89 Å². The van der Waals surface area contributed by atoms with Crippen LogP contribution in [0.4, 0.5) is 5.95 Å². The summed E-state index contributed by atoms with van der Waals surface area (Å²) in [5.41, 5.74) is 1.39. The Kier molecular flexibility index (Phi) is 4.23. The fraction of sp³-hybridized carbons (Fsp3) is 0.267. The molecule has 2 heterocycles. The van der Waals surface area contributed by atoms with Gasteiger partial charge in [0.15, 0.2) is 0 Å². The second-order valence-corrected chi connectivity index (χ2v) is 5.92. The molecule has 6 nitrogen and oxygen atoms in total. The molecule has 0 spiro atoms. The van der Waals surface area contributed by atoms with Crippen LogP contribution in [0, 0.1) is 10.7 Å². The van der Waals surface area contributed by atoms with Gasteiger partial charge in [-0.2, -0.15) is 4.98 Å². The number of fused-ring (bicyclic) bond motifs is 1. The second kappa shape index (κ2) is 6.17. The first-order valence-electron chi connectivity index (χ1n) is 7.07. The van der Waals surface area contributed by atoms with Gasteiger partial charge in [-0.05, 0) is 36.8 Å². The van der Waals surface area contributed by atoms with E-state index in [1.54, 1.807) is 23.7 Å². The van der Waals surface area contributed by atoms with Crippen LogP contribution in [-0.2, 0) is 9.53 Å². The summed E-state index contributed by atoms with van der Waals surface area (Å²) in [4.78, 5) is 16.7. The first-order chi connectivity index (χ1) is 11.0. The van der Waals surface area contributed by atoms with E-state index in [9.17, 15) is 4.79 Å².